The Bertz CT molecular complexity index is 663. The summed E-state index contributed by atoms with van der Waals surface area (Å²) in [5.41, 5.74) is 0.456. The Morgan fingerprint density at radius 2 is 2.16 bits per heavy atom. The maximum atomic E-state index is 10.9. The van der Waals surface area contributed by atoms with E-state index >= 15 is 0 Å². The maximum absolute atomic E-state index is 10.9. The Kier molecular flexibility index (Phi) is 4.37. The Balaban J connectivity index is 2.64. The van der Waals surface area contributed by atoms with Gasteiger partial charge in [0.15, 0.2) is 11.9 Å². The number of rotatable bonds is 3. The van der Waals surface area contributed by atoms with Crippen molar-refractivity contribution in [2.45, 2.75) is 13.0 Å². The van der Waals surface area contributed by atoms with Crippen molar-refractivity contribution in [1.29, 1.82) is 0 Å². The summed E-state index contributed by atoms with van der Waals surface area (Å²) >= 11 is 14.0. The second-order valence-corrected chi connectivity index (χ2v) is 5.75. The molecule has 1 unspecified atom stereocenters. The van der Waals surface area contributed by atoms with Crippen LogP contribution in [0.3, 0.4) is 0 Å². The SMILES string of the molecule is CC(Oc1c(I)cc(Cl)c2ccc(Cl)nc12)C(=O)O. The molecule has 0 aliphatic rings. The van der Waals surface area contributed by atoms with Gasteiger partial charge in [0, 0.05) is 5.39 Å². The van der Waals surface area contributed by atoms with Crippen molar-refractivity contribution < 1.29 is 14.6 Å². The van der Waals surface area contributed by atoms with E-state index in [2.05, 4.69) is 4.98 Å². The number of aliphatic carboxylic acids is 1. The number of benzene rings is 1. The van der Waals surface area contributed by atoms with Gasteiger partial charge in [0.05, 0.1) is 8.59 Å². The largest absolute Gasteiger partial charge is 0.479 e. The van der Waals surface area contributed by atoms with Crippen LogP contribution in [0.2, 0.25) is 10.2 Å². The molecule has 2 rings (SSSR count). The van der Waals surface area contributed by atoms with E-state index in [1.807, 2.05) is 22.6 Å². The molecule has 0 fully saturated rings. The van der Waals surface area contributed by atoms with Gasteiger partial charge in [-0.2, -0.15) is 0 Å². The molecule has 0 spiro atoms. The van der Waals surface area contributed by atoms with Gasteiger partial charge in [-0.05, 0) is 47.7 Å². The third kappa shape index (κ3) is 3.04. The summed E-state index contributed by atoms with van der Waals surface area (Å²) in [6.45, 7) is 1.45. The molecule has 0 radical (unpaired) electrons. The molecular weight excluding hydrogens is 404 g/mol. The number of pyridine rings is 1. The smallest absolute Gasteiger partial charge is 0.344 e. The van der Waals surface area contributed by atoms with Gasteiger partial charge in [-0.25, -0.2) is 9.78 Å². The number of carboxylic acid groups (broad SMARTS) is 1. The first-order chi connectivity index (χ1) is 8.90. The monoisotopic (exact) mass is 411 g/mol. The molecule has 2 aromatic rings. The van der Waals surface area contributed by atoms with Gasteiger partial charge < -0.3 is 9.84 Å². The van der Waals surface area contributed by atoms with E-state index in [0.717, 1.165) is 0 Å². The number of fused-ring (bicyclic) bond motifs is 1. The average Bonchev–Trinajstić information content (AvgIpc) is 2.33. The van der Waals surface area contributed by atoms with Crippen LogP contribution in [0.1, 0.15) is 6.92 Å². The zero-order chi connectivity index (χ0) is 14.2. The highest BCUT2D eigenvalue weighted by molar-refractivity contribution is 14.1. The fourth-order valence-corrected chi connectivity index (χ4v) is 2.80. The number of hydrogen-bond acceptors (Lipinski definition) is 3. The van der Waals surface area contributed by atoms with E-state index in [1.165, 1.54) is 6.92 Å². The standard InChI is InChI=1S/C12H8Cl2INO3/c1-5(12(17)18)19-11-8(15)4-7(13)6-2-3-9(14)16-10(6)11/h2-5H,1H3,(H,17,18). The lowest BCUT2D eigenvalue weighted by molar-refractivity contribution is -0.144. The van der Waals surface area contributed by atoms with Gasteiger partial charge in [0.25, 0.3) is 0 Å². The summed E-state index contributed by atoms with van der Waals surface area (Å²) in [5.74, 6) is -0.682. The number of hydrogen-bond donors (Lipinski definition) is 1. The van der Waals surface area contributed by atoms with Crippen LogP contribution in [-0.2, 0) is 4.79 Å². The number of nitrogens with zero attached hydrogens (tertiary/aromatic N) is 1. The van der Waals surface area contributed by atoms with Crippen LogP contribution in [0.5, 0.6) is 5.75 Å². The predicted molar refractivity (Wildman–Crippen MR) is 82.2 cm³/mol. The summed E-state index contributed by atoms with van der Waals surface area (Å²) in [7, 11) is 0. The van der Waals surface area contributed by atoms with Gasteiger partial charge in [-0.15, -0.1) is 0 Å². The molecule has 1 N–H and O–H groups in total. The molecule has 4 nitrogen and oxygen atoms in total. The summed E-state index contributed by atoms with van der Waals surface area (Å²) in [6.07, 6.45) is -0.987. The molecule has 0 aliphatic heterocycles. The van der Waals surface area contributed by atoms with Crippen LogP contribution >= 0.6 is 45.8 Å². The van der Waals surface area contributed by atoms with E-state index in [-0.39, 0.29) is 0 Å². The summed E-state index contributed by atoms with van der Waals surface area (Å²) in [4.78, 5) is 15.1. The van der Waals surface area contributed by atoms with Crippen molar-refractivity contribution in [3.05, 3.63) is 31.9 Å². The molecule has 1 aromatic heterocycles. The molecule has 0 saturated carbocycles. The molecule has 1 aromatic carbocycles. The van der Waals surface area contributed by atoms with Gasteiger partial charge >= 0.3 is 5.97 Å². The number of ether oxygens (including phenoxy) is 1. The van der Waals surface area contributed by atoms with Crippen molar-refractivity contribution in [3.63, 3.8) is 0 Å². The molecule has 0 aliphatic carbocycles. The number of carbonyl (C=O) groups is 1. The van der Waals surface area contributed by atoms with E-state index in [9.17, 15) is 4.79 Å². The van der Waals surface area contributed by atoms with E-state index < -0.39 is 12.1 Å². The molecule has 0 amide bonds. The minimum atomic E-state index is -1.05. The molecule has 19 heavy (non-hydrogen) atoms. The van der Waals surface area contributed by atoms with Crippen molar-refractivity contribution in [1.82, 2.24) is 4.98 Å². The van der Waals surface area contributed by atoms with Crippen LogP contribution in [0.25, 0.3) is 10.9 Å². The van der Waals surface area contributed by atoms with Gasteiger partial charge in [-0.1, -0.05) is 23.2 Å². The Morgan fingerprint density at radius 1 is 1.47 bits per heavy atom. The summed E-state index contributed by atoms with van der Waals surface area (Å²) in [6, 6.07) is 5.04. The van der Waals surface area contributed by atoms with Crippen molar-refractivity contribution in [2.75, 3.05) is 0 Å². The van der Waals surface area contributed by atoms with Crippen molar-refractivity contribution in [3.8, 4) is 5.75 Å². The normalized spacial score (nSPS) is 12.4. The van der Waals surface area contributed by atoms with Gasteiger partial charge in [0.2, 0.25) is 0 Å². The van der Waals surface area contributed by atoms with E-state index in [1.54, 1.807) is 18.2 Å². The fraction of sp³-hybridized carbons (Fsp3) is 0.167. The minimum absolute atomic E-state index is 0.290. The van der Waals surface area contributed by atoms with E-state index in [0.29, 0.717) is 30.4 Å². The lowest BCUT2D eigenvalue weighted by atomic mass is 10.2. The first kappa shape index (κ1) is 14.6. The number of halogens is 3. The first-order valence-corrected chi connectivity index (χ1v) is 7.07. The quantitative estimate of drug-likeness (QED) is 0.612. The highest BCUT2D eigenvalue weighted by atomic mass is 127. The Hall–Kier alpha value is -0.790. The highest BCUT2D eigenvalue weighted by Gasteiger charge is 2.19. The Morgan fingerprint density at radius 3 is 2.79 bits per heavy atom. The maximum Gasteiger partial charge on any atom is 0.344 e. The molecule has 1 atom stereocenters. The molecule has 100 valence electrons. The third-order valence-corrected chi connectivity index (χ3v) is 3.77. The molecule has 1 heterocycles. The molecular formula is C12H8Cl2INO3. The van der Waals surface area contributed by atoms with Gasteiger partial charge in [0.1, 0.15) is 10.7 Å². The second kappa shape index (κ2) is 5.68. The van der Waals surface area contributed by atoms with Crippen LogP contribution in [0, 0.1) is 3.57 Å². The zero-order valence-corrected chi connectivity index (χ0v) is 13.3. The highest BCUT2D eigenvalue weighted by Crippen LogP contribution is 2.36. The van der Waals surface area contributed by atoms with Crippen LogP contribution in [-0.4, -0.2) is 22.2 Å². The second-order valence-electron chi connectivity index (χ2n) is 3.80. The predicted octanol–water partition coefficient (Wildman–Crippen LogP) is 4.00. The Labute approximate surface area is 132 Å². The molecule has 0 bridgehead atoms. The third-order valence-electron chi connectivity index (χ3n) is 2.45. The topological polar surface area (TPSA) is 59.4 Å². The first-order valence-electron chi connectivity index (χ1n) is 5.24. The lowest BCUT2D eigenvalue weighted by Crippen LogP contribution is -2.23. The zero-order valence-electron chi connectivity index (χ0n) is 9.65. The van der Waals surface area contributed by atoms with Gasteiger partial charge in [-0.3, -0.25) is 0 Å². The minimum Gasteiger partial charge on any atom is -0.479 e. The molecule has 0 saturated heterocycles. The van der Waals surface area contributed by atoms with Crippen LogP contribution < -0.4 is 4.74 Å². The fourth-order valence-electron chi connectivity index (χ4n) is 1.51. The summed E-state index contributed by atoms with van der Waals surface area (Å²) < 4.78 is 6.12. The molecule has 7 heteroatoms. The summed E-state index contributed by atoms with van der Waals surface area (Å²) in [5, 5.41) is 10.4. The number of carboxylic acids is 1. The van der Waals surface area contributed by atoms with Crippen LogP contribution in [0.4, 0.5) is 0 Å². The lowest BCUT2D eigenvalue weighted by Gasteiger charge is -2.14. The van der Waals surface area contributed by atoms with Crippen molar-refractivity contribution in [2.24, 2.45) is 0 Å². The average molecular weight is 412 g/mol. The van der Waals surface area contributed by atoms with E-state index in [4.69, 9.17) is 33.0 Å². The van der Waals surface area contributed by atoms with Crippen molar-refractivity contribution >= 4 is 62.7 Å². The number of aromatic nitrogens is 1. The van der Waals surface area contributed by atoms with Crippen LogP contribution in [0.15, 0.2) is 18.2 Å².